The van der Waals surface area contributed by atoms with E-state index in [0.717, 1.165) is 0 Å². The van der Waals surface area contributed by atoms with Crippen LogP contribution in [-0.4, -0.2) is 29.6 Å². The van der Waals surface area contributed by atoms with Crippen molar-refractivity contribution < 1.29 is 24.3 Å². The van der Waals surface area contributed by atoms with Gasteiger partial charge in [-0.2, -0.15) is 0 Å². The molecule has 0 aromatic heterocycles. The van der Waals surface area contributed by atoms with Crippen LogP contribution in [0.5, 0.6) is 0 Å². The van der Waals surface area contributed by atoms with Gasteiger partial charge in [0, 0.05) is 0 Å². The van der Waals surface area contributed by atoms with Gasteiger partial charge in [-0.05, 0) is 0 Å². The van der Waals surface area contributed by atoms with Crippen molar-refractivity contribution in [2.24, 2.45) is 5.16 Å². The lowest BCUT2D eigenvalue weighted by molar-refractivity contribution is -0.157. The molecular formula is C4H3NO5. The van der Waals surface area contributed by atoms with Gasteiger partial charge >= 0.3 is 11.9 Å². The average molecular weight is 145 g/mol. The molecule has 0 aromatic carbocycles. The molecule has 0 rings (SSSR count). The standard InChI is InChI=1S/C4H3NO5/c6-2-4(8)10-3(7)1-5-9/h1-2,9H. The van der Waals surface area contributed by atoms with Gasteiger partial charge in [0.25, 0.3) is 0 Å². The SMILES string of the molecule is O=CC(=O)OC(=O)C=NO. The topological polar surface area (TPSA) is 93.0 Å². The highest BCUT2D eigenvalue weighted by Gasteiger charge is 2.04. The molecule has 0 spiro atoms. The van der Waals surface area contributed by atoms with E-state index in [1.807, 2.05) is 0 Å². The minimum Gasteiger partial charge on any atom is -0.411 e. The summed E-state index contributed by atoms with van der Waals surface area (Å²) in [5.41, 5.74) is 0. The Morgan fingerprint density at radius 2 is 2.00 bits per heavy atom. The highest BCUT2D eigenvalue weighted by atomic mass is 16.6. The first-order chi connectivity index (χ1) is 4.70. The van der Waals surface area contributed by atoms with Crippen LogP contribution in [0.15, 0.2) is 5.16 Å². The molecule has 0 fully saturated rings. The molecule has 0 unspecified atom stereocenters. The minimum atomic E-state index is -1.33. The van der Waals surface area contributed by atoms with E-state index in [2.05, 4.69) is 9.89 Å². The third kappa shape index (κ3) is 3.30. The largest absolute Gasteiger partial charge is 0.411 e. The Kier molecular flexibility index (Phi) is 3.47. The van der Waals surface area contributed by atoms with Gasteiger partial charge in [0.2, 0.25) is 6.29 Å². The van der Waals surface area contributed by atoms with Crippen LogP contribution in [0.3, 0.4) is 0 Å². The van der Waals surface area contributed by atoms with Crippen molar-refractivity contribution in [2.75, 3.05) is 0 Å². The van der Waals surface area contributed by atoms with Crippen molar-refractivity contribution in [1.82, 2.24) is 0 Å². The fourth-order valence-corrected chi connectivity index (χ4v) is 0.197. The molecular weight excluding hydrogens is 142 g/mol. The van der Waals surface area contributed by atoms with Gasteiger partial charge in [-0.25, -0.2) is 9.59 Å². The number of oxime groups is 1. The normalized spacial score (nSPS) is 9.20. The minimum absolute atomic E-state index is 0.177. The summed E-state index contributed by atoms with van der Waals surface area (Å²) in [5, 5.41) is 9.95. The van der Waals surface area contributed by atoms with E-state index in [1.165, 1.54) is 0 Å². The fraction of sp³-hybridized carbons (Fsp3) is 0. The van der Waals surface area contributed by atoms with E-state index in [9.17, 15) is 14.4 Å². The van der Waals surface area contributed by atoms with Crippen molar-refractivity contribution in [2.45, 2.75) is 0 Å². The molecule has 6 heteroatoms. The number of nitrogens with zero attached hydrogens (tertiary/aromatic N) is 1. The first-order valence-electron chi connectivity index (χ1n) is 2.09. The zero-order valence-electron chi connectivity index (χ0n) is 4.68. The summed E-state index contributed by atoms with van der Waals surface area (Å²) in [6.07, 6.45) is 0.171. The van der Waals surface area contributed by atoms with Crippen molar-refractivity contribution in [3.05, 3.63) is 0 Å². The van der Waals surface area contributed by atoms with E-state index in [-0.39, 0.29) is 6.29 Å². The molecule has 54 valence electrons. The molecule has 0 aromatic rings. The Bertz CT molecular complexity index is 184. The van der Waals surface area contributed by atoms with Crippen LogP contribution in [0.2, 0.25) is 0 Å². The summed E-state index contributed by atoms with van der Waals surface area (Å²) in [4.78, 5) is 29.6. The van der Waals surface area contributed by atoms with Crippen LogP contribution in [0.25, 0.3) is 0 Å². The van der Waals surface area contributed by atoms with E-state index >= 15 is 0 Å². The van der Waals surface area contributed by atoms with Crippen LogP contribution in [0.1, 0.15) is 0 Å². The predicted molar refractivity (Wildman–Crippen MR) is 27.4 cm³/mol. The molecule has 0 aliphatic heterocycles. The predicted octanol–water partition coefficient (Wildman–Crippen LogP) is -1.28. The molecule has 0 heterocycles. The molecule has 0 saturated heterocycles. The van der Waals surface area contributed by atoms with Gasteiger partial charge in [0.15, 0.2) is 6.21 Å². The number of carbonyl (C=O) groups is 3. The second kappa shape index (κ2) is 4.19. The summed E-state index contributed by atoms with van der Waals surface area (Å²) in [5.74, 6) is -2.52. The van der Waals surface area contributed by atoms with Crippen molar-refractivity contribution in [3.63, 3.8) is 0 Å². The Balaban J connectivity index is 3.79. The van der Waals surface area contributed by atoms with Crippen molar-refractivity contribution >= 4 is 24.4 Å². The van der Waals surface area contributed by atoms with E-state index in [0.29, 0.717) is 6.21 Å². The van der Waals surface area contributed by atoms with E-state index < -0.39 is 11.9 Å². The lowest BCUT2D eigenvalue weighted by atomic mass is 10.7. The molecule has 0 aliphatic carbocycles. The smallest absolute Gasteiger partial charge is 0.379 e. The number of hydrogen-bond donors (Lipinski definition) is 1. The monoisotopic (exact) mass is 145 g/mol. The number of rotatable bonds is 2. The zero-order valence-corrected chi connectivity index (χ0v) is 4.68. The second-order valence-corrected chi connectivity index (χ2v) is 1.10. The molecule has 6 nitrogen and oxygen atoms in total. The Morgan fingerprint density at radius 3 is 2.40 bits per heavy atom. The number of hydrogen-bond acceptors (Lipinski definition) is 6. The first kappa shape index (κ1) is 8.28. The summed E-state index contributed by atoms with van der Waals surface area (Å²) >= 11 is 0. The number of ether oxygens (including phenoxy) is 1. The number of aldehydes is 1. The molecule has 0 radical (unpaired) electrons. The van der Waals surface area contributed by atoms with Crippen LogP contribution in [0.4, 0.5) is 0 Å². The zero-order chi connectivity index (χ0) is 7.98. The Labute approximate surface area is 55.1 Å². The maximum Gasteiger partial charge on any atom is 0.379 e. The Morgan fingerprint density at radius 1 is 1.40 bits per heavy atom. The Hall–Kier alpha value is -1.72. The molecule has 0 amide bonds. The van der Waals surface area contributed by atoms with Gasteiger partial charge in [0.05, 0.1) is 0 Å². The van der Waals surface area contributed by atoms with E-state index in [4.69, 9.17) is 5.21 Å². The highest BCUT2D eigenvalue weighted by molar-refractivity contribution is 6.31. The van der Waals surface area contributed by atoms with Gasteiger partial charge in [-0.15, -0.1) is 0 Å². The van der Waals surface area contributed by atoms with Gasteiger partial charge in [0.1, 0.15) is 0 Å². The summed E-state index contributed by atoms with van der Waals surface area (Å²) in [7, 11) is 0. The first-order valence-corrected chi connectivity index (χ1v) is 2.09. The number of carbonyl (C=O) groups excluding carboxylic acids is 3. The summed E-state index contributed by atoms with van der Waals surface area (Å²) in [6.45, 7) is 0. The van der Waals surface area contributed by atoms with Crippen LogP contribution >= 0.6 is 0 Å². The van der Waals surface area contributed by atoms with E-state index in [1.54, 1.807) is 0 Å². The molecule has 0 bridgehead atoms. The second-order valence-electron chi connectivity index (χ2n) is 1.10. The fourth-order valence-electron chi connectivity index (χ4n) is 0.197. The molecule has 1 N–H and O–H groups in total. The lowest BCUT2D eigenvalue weighted by Crippen LogP contribution is -2.13. The number of esters is 2. The quantitative estimate of drug-likeness (QED) is 0.0992. The van der Waals surface area contributed by atoms with Gasteiger partial charge < -0.3 is 9.94 Å². The molecule has 10 heavy (non-hydrogen) atoms. The van der Waals surface area contributed by atoms with Gasteiger partial charge in [-0.3, -0.25) is 4.79 Å². The summed E-state index contributed by atoms with van der Waals surface area (Å²) in [6, 6.07) is 0. The summed E-state index contributed by atoms with van der Waals surface area (Å²) < 4.78 is 3.68. The third-order valence-corrected chi connectivity index (χ3v) is 0.461. The highest BCUT2D eigenvalue weighted by Crippen LogP contribution is 1.73. The lowest BCUT2D eigenvalue weighted by Gasteiger charge is -1.87. The van der Waals surface area contributed by atoms with Crippen molar-refractivity contribution in [3.8, 4) is 0 Å². The average Bonchev–Trinajstić information content (AvgIpc) is 1.88. The van der Waals surface area contributed by atoms with Crippen molar-refractivity contribution in [1.29, 1.82) is 0 Å². The molecule has 0 atom stereocenters. The third-order valence-electron chi connectivity index (χ3n) is 0.461. The molecule has 0 aliphatic rings. The van der Waals surface area contributed by atoms with Gasteiger partial charge in [-0.1, -0.05) is 5.16 Å². The van der Waals surface area contributed by atoms with Crippen LogP contribution in [-0.2, 0) is 19.1 Å². The molecule has 0 saturated carbocycles. The maximum atomic E-state index is 10.1. The van der Waals surface area contributed by atoms with Crippen LogP contribution in [0, 0.1) is 0 Å². The maximum absolute atomic E-state index is 10.1. The van der Waals surface area contributed by atoms with Crippen LogP contribution < -0.4 is 0 Å².